The SMILES string of the molecule is Cc1ccc(Cn2nnc(C#N)c2C(Cl)(Cl)Cl)cc1. The summed E-state index contributed by atoms with van der Waals surface area (Å²) in [7, 11) is 0. The van der Waals surface area contributed by atoms with Crippen LogP contribution < -0.4 is 0 Å². The third kappa shape index (κ3) is 3.19. The Morgan fingerprint density at radius 3 is 2.42 bits per heavy atom. The largest absolute Gasteiger partial charge is 0.239 e. The fourth-order valence-electron chi connectivity index (χ4n) is 1.65. The molecule has 1 aromatic heterocycles. The van der Waals surface area contributed by atoms with Gasteiger partial charge in [-0.2, -0.15) is 5.26 Å². The Balaban J connectivity index is 2.39. The van der Waals surface area contributed by atoms with Crippen LogP contribution in [0.2, 0.25) is 0 Å². The molecule has 0 saturated carbocycles. The minimum Gasteiger partial charge on any atom is -0.239 e. The van der Waals surface area contributed by atoms with E-state index < -0.39 is 3.79 Å². The molecule has 2 aromatic rings. The lowest BCUT2D eigenvalue weighted by molar-refractivity contribution is 0.623. The summed E-state index contributed by atoms with van der Waals surface area (Å²) in [6, 6.07) is 9.73. The molecule has 0 unspecified atom stereocenters. The highest BCUT2D eigenvalue weighted by molar-refractivity contribution is 6.66. The highest BCUT2D eigenvalue weighted by Gasteiger charge is 2.32. The minimum atomic E-state index is -1.74. The van der Waals surface area contributed by atoms with Crippen molar-refractivity contribution in [2.45, 2.75) is 17.3 Å². The van der Waals surface area contributed by atoms with Gasteiger partial charge in [-0.05, 0) is 12.5 Å². The Morgan fingerprint density at radius 1 is 1.26 bits per heavy atom. The summed E-state index contributed by atoms with van der Waals surface area (Å²) in [5.74, 6) is 0. The van der Waals surface area contributed by atoms with E-state index in [1.165, 1.54) is 4.68 Å². The van der Waals surface area contributed by atoms with Crippen LogP contribution in [-0.4, -0.2) is 15.0 Å². The molecule has 0 spiro atoms. The third-order valence-corrected chi connectivity index (χ3v) is 3.10. The minimum absolute atomic E-state index is 0.0205. The summed E-state index contributed by atoms with van der Waals surface area (Å²) in [5, 5.41) is 16.5. The van der Waals surface area contributed by atoms with Crippen molar-refractivity contribution in [3.8, 4) is 6.07 Å². The van der Waals surface area contributed by atoms with Gasteiger partial charge < -0.3 is 0 Å². The lowest BCUT2D eigenvalue weighted by Gasteiger charge is -2.13. The molecule has 0 bridgehead atoms. The first kappa shape index (κ1) is 14.1. The predicted molar refractivity (Wildman–Crippen MR) is 74.3 cm³/mol. The number of nitrogens with zero attached hydrogens (tertiary/aromatic N) is 4. The molecule has 0 aliphatic heterocycles. The maximum atomic E-state index is 8.96. The summed E-state index contributed by atoms with van der Waals surface area (Å²) in [6.45, 7) is 2.39. The van der Waals surface area contributed by atoms with Gasteiger partial charge in [0.25, 0.3) is 0 Å². The quantitative estimate of drug-likeness (QED) is 0.799. The van der Waals surface area contributed by atoms with Gasteiger partial charge >= 0.3 is 0 Å². The number of rotatable bonds is 2. The van der Waals surface area contributed by atoms with Gasteiger partial charge in [-0.25, -0.2) is 4.68 Å². The van der Waals surface area contributed by atoms with Crippen LogP contribution in [0.25, 0.3) is 0 Å². The van der Waals surface area contributed by atoms with Gasteiger partial charge in [0.1, 0.15) is 11.8 Å². The summed E-state index contributed by atoms with van der Waals surface area (Å²) < 4.78 is -0.310. The van der Waals surface area contributed by atoms with Crippen LogP contribution in [0.4, 0.5) is 0 Å². The normalized spacial score (nSPS) is 11.3. The maximum Gasteiger partial charge on any atom is 0.235 e. The molecule has 2 rings (SSSR count). The van der Waals surface area contributed by atoms with Crippen LogP contribution in [0.5, 0.6) is 0 Å². The van der Waals surface area contributed by atoms with Crippen LogP contribution in [-0.2, 0) is 10.3 Å². The molecule has 98 valence electrons. The number of nitriles is 1. The van der Waals surface area contributed by atoms with E-state index in [1.54, 1.807) is 0 Å². The van der Waals surface area contributed by atoms with Crippen molar-refractivity contribution in [3.05, 3.63) is 46.8 Å². The second-order valence-electron chi connectivity index (χ2n) is 4.04. The molecule has 1 heterocycles. The Bertz CT molecular complexity index is 620. The van der Waals surface area contributed by atoms with E-state index in [-0.39, 0.29) is 11.4 Å². The van der Waals surface area contributed by atoms with Gasteiger partial charge in [0.15, 0.2) is 5.69 Å². The lowest BCUT2D eigenvalue weighted by atomic mass is 10.1. The second-order valence-corrected chi connectivity index (χ2v) is 6.32. The van der Waals surface area contributed by atoms with E-state index >= 15 is 0 Å². The van der Waals surface area contributed by atoms with Gasteiger partial charge in [0, 0.05) is 0 Å². The van der Waals surface area contributed by atoms with E-state index in [1.807, 2.05) is 37.3 Å². The molecule has 0 atom stereocenters. The molecule has 0 amide bonds. The molecular formula is C12H9Cl3N4. The fourth-order valence-corrected chi connectivity index (χ4v) is 2.21. The molecule has 4 nitrogen and oxygen atoms in total. The number of aryl methyl sites for hydroxylation is 1. The topological polar surface area (TPSA) is 54.5 Å². The zero-order chi connectivity index (χ0) is 14.0. The second kappa shape index (κ2) is 5.38. The summed E-state index contributed by atoms with van der Waals surface area (Å²) >= 11 is 17.6. The molecule has 0 fully saturated rings. The molecule has 0 N–H and O–H groups in total. The van der Waals surface area contributed by atoms with Crippen LogP contribution in [0, 0.1) is 18.3 Å². The van der Waals surface area contributed by atoms with Crippen LogP contribution in [0.15, 0.2) is 24.3 Å². The van der Waals surface area contributed by atoms with E-state index in [0.717, 1.165) is 11.1 Å². The molecular weight excluding hydrogens is 307 g/mol. The molecule has 7 heteroatoms. The third-order valence-electron chi connectivity index (χ3n) is 2.56. The Hall–Kier alpha value is -1.28. The first-order valence-electron chi connectivity index (χ1n) is 5.38. The average Bonchev–Trinajstić information content (AvgIpc) is 2.75. The molecule has 0 aliphatic rings. The Kier molecular flexibility index (Phi) is 4.00. The highest BCUT2D eigenvalue weighted by atomic mass is 35.6. The summed E-state index contributed by atoms with van der Waals surface area (Å²) in [4.78, 5) is 0. The summed E-state index contributed by atoms with van der Waals surface area (Å²) in [6.07, 6.45) is 0. The van der Waals surface area contributed by atoms with Gasteiger partial charge in [-0.1, -0.05) is 69.8 Å². The van der Waals surface area contributed by atoms with Crippen molar-refractivity contribution in [2.75, 3.05) is 0 Å². The van der Waals surface area contributed by atoms with Crippen molar-refractivity contribution in [1.29, 1.82) is 5.26 Å². The fraction of sp³-hybridized carbons (Fsp3) is 0.250. The van der Waals surface area contributed by atoms with Crippen LogP contribution >= 0.6 is 34.8 Å². The van der Waals surface area contributed by atoms with E-state index in [0.29, 0.717) is 6.54 Å². The van der Waals surface area contributed by atoms with Gasteiger partial charge in [-0.15, -0.1) is 5.10 Å². The number of aromatic nitrogens is 3. The van der Waals surface area contributed by atoms with E-state index in [2.05, 4.69) is 10.3 Å². The van der Waals surface area contributed by atoms with Crippen LogP contribution in [0.1, 0.15) is 22.5 Å². The monoisotopic (exact) mass is 314 g/mol. The van der Waals surface area contributed by atoms with Crippen molar-refractivity contribution < 1.29 is 0 Å². The molecule has 0 saturated heterocycles. The van der Waals surface area contributed by atoms with Crippen molar-refractivity contribution >= 4 is 34.8 Å². The zero-order valence-corrected chi connectivity index (χ0v) is 12.2. The number of halogens is 3. The first-order chi connectivity index (χ1) is 8.91. The van der Waals surface area contributed by atoms with E-state index in [9.17, 15) is 0 Å². The average molecular weight is 316 g/mol. The van der Waals surface area contributed by atoms with E-state index in [4.69, 9.17) is 40.1 Å². The van der Waals surface area contributed by atoms with Crippen molar-refractivity contribution in [3.63, 3.8) is 0 Å². The van der Waals surface area contributed by atoms with Crippen molar-refractivity contribution in [2.24, 2.45) is 0 Å². The number of benzene rings is 1. The zero-order valence-electron chi connectivity index (χ0n) is 9.94. The predicted octanol–water partition coefficient (Wildman–Crippen LogP) is 3.33. The number of hydrogen-bond donors (Lipinski definition) is 0. The standard InChI is InChI=1S/C12H9Cl3N4/c1-8-2-4-9(5-3-8)7-19-11(12(13,14)15)10(6-16)17-18-19/h2-5H,7H2,1H3. The molecule has 0 aliphatic carbocycles. The Morgan fingerprint density at radius 2 is 1.89 bits per heavy atom. The number of hydrogen-bond acceptors (Lipinski definition) is 3. The highest BCUT2D eigenvalue weighted by Crippen LogP contribution is 2.39. The lowest BCUT2D eigenvalue weighted by Crippen LogP contribution is -2.14. The van der Waals surface area contributed by atoms with Gasteiger partial charge in [0.2, 0.25) is 3.79 Å². The van der Waals surface area contributed by atoms with Crippen molar-refractivity contribution in [1.82, 2.24) is 15.0 Å². The maximum absolute atomic E-state index is 8.96. The van der Waals surface area contributed by atoms with Crippen LogP contribution in [0.3, 0.4) is 0 Å². The first-order valence-corrected chi connectivity index (χ1v) is 6.51. The van der Waals surface area contributed by atoms with Gasteiger partial charge in [0.05, 0.1) is 6.54 Å². The molecule has 1 aromatic carbocycles. The Labute approximate surface area is 125 Å². The smallest absolute Gasteiger partial charge is 0.235 e. The molecule has 0 radical (unpaired) electrons. The summed E-state index contributed by atoms with van der Waals surface area (Å²) in [5.41, 5.74) is 2.34. The molecule has 19 heavy (non-hydrogen) atoms. The number of alkyl halides is 3. The van der Waals surface area contributed by atoms with Gasteiger partial charge in [-0.3, -0.25) is 0 Å².